The van der Waals surface area contributed by atoms with Crippen molar-refractivity contribution < 1.29 is 13.5 Å². The first-order valence-electron chi connectivity index (χ1n) is 10.8. The summed E-state index contributed by atoms with van der Waals surface area (Å²) in [5.41, 5.74) is 0.533. The smallest absolute Gasteiger partial charge is 0.200 e. The molecule has 1 saturated carbocycles. The van der Waals surface area contributed by atoms with Crippen LogP contribution in [0.3, 0.4) is 0 Å². The van der Waals surface area contributed by atoms with Crippen LogP contribution in [0.5, 0.6) is 5.75 Å². The van der Waals surface area contributed by atoms with E-state index < -0.39 is 11.6 Å². The molecule has 1 atom stereocenters. The molecule has 1 aliphatic carbocycles. The summed E-state index contributed by atoms with van der Waals surface area (Å²) in [5, 5.41) is 0. The second-order valence-electron chi connectivity index (χ2n) is 7.94. The lowest BCUT2D eigenvalue weighted by atomic mass is 9.76. The molecular weight excluding hydrogens is 342 g/mol. The van der Waals surface area contributed by atoms with Crippen LogP contribution in [-0.2, 0) is 0 Å². The van der Waals surface area contributed by atoms with Gasteiger partial charge in [0, 0.05) is 0 Å². The van der Waals surface area contributed by atoms with Crippen LogP contribution in [0.2, 0.25) is 0 Å². The predicted molar refractivity (Wildman–Crippen MR) is 109 cm³/mol. The van der Waals surface area contributed by atoms with Gasteiger partial charge in [-0.25, -0.2) is 4.39 Å². The minimum Gasteiger partial charge on any atom is -0.491 e. The van der Waals surface area contributed by atoms with Gasteiger partial charge in [0.25, 0.3) is 0 Å². The molecule has 2 rings (SSSR count). The molecule has 0 N–H and O–H groups in total. The van der Waals surface area contributed by atoms with Crippen LogP contribution in [-0.4, -0.2) is 6.61 Å². The predicted octanol–water partition coefficient (Wildman–Crippen LogP) is 7.80. The van der Waals surface area contributed by atoms with Crippen molar-refractivity contribution in [1.29, 1.82) is 0 Å². The zero-order valence-electron chi connectivity index (χ0n) is 17.3. The van der Waals surface area contributed by atoms with Crippen molar-refractivity contribution in [2.24, 2.45) is 11.8 Å². The fourth-order valence-corrected chi connectivity index (χ4v) is 4.54. The Bertz CT molecular complexity index is 588. The summed E-state index contributed by atoms with van der Waals surface area (Å²) in [6.45, 7) is 6.47. The molecule has 152 valence electrons. The molecule has 3 heteroatoms. The van der Waals surface area contributed by atoms with Gasteiger partial charge in [0.15, 0.2) is 11.6 Å². The lowest BCUT2D eigenvalue weighted by Crippen LogP contribution is -2.15. The highest BCUT2D eigenvalue weighted by molar-refractivity contribution is 5.33. The minimum absolute atomic E-state index is 0.0233. The van der Waals surface area contributed by atoms with Gasteiger partial charge in [0.05, 0.1) is 6.61 Å². The molecule has 1 nitrogen and oxygen atoms in total. The van der Waals surface area contributed by atoms with Crippen LogP contribution in [0, 0.1) is 23.5 Å². The van der Waals surface area contributed by atoms with Crippen molar-refractivity contribution in [3.05, 3.63) is 41.5 Å². The molecule has 1 unspecified atom stereocenters. The van der Waals surface area contributed by atoms with E-state index in [9.17, 15) is 8.78 Å². The number of allylic oxidation sites excluding steroid dienone is 2. The van der Waals surface area contributed by atoms with Crippen LogP contribution in [0.1, 0.15) is 90.0 Å². The van der Waals surface area contributed by atoms with E-state index in [0.717, 1.165) is 37.5 Å². The number of benzene rings is 1. The maximum absolute atomic E-state index is 14.4. The van der Waals surface area contributed by atoms with Crippen molar-refractivity contribution in [3.63, 3.8) is 0 Å². The first-order valence-corrected chi connectivity index (χ1v) is 10.8. The SMILES string of the molecule is C/C=C/C(CCC)CCCC1CCC(c2ccc(OCC)c(F)c2F)CC1. The fourth-order valence-electron chi connectivity index (χ4n) is 4.54. The maximum atomic E-state index is 14.4. The molecule has 1 aromatic carbocycles. The normalized spacial score (nSPS) is 21.5. The van der Waals surface area contributed by atoms with E-state index in [1.54, 1.807) is 19.1 Å². The van der Waals surface area contributed by atoms with Crippen molar-refractivity contribution >= 4 is 0 Å². The van der Waals surface area contributed by atoms with Gasteiger partial charge in [-0.3, -0.25) is 0 Å². The van der Waals surface area contributed by atoms with E-state index in [1.165, 1.54) is 32.1 Å². The highest BCUT2D eigenvalue weighted by atomic mass is 19.2. The summed E-state index contributed by atoms with van der Waals surface area (Å²) in [6, 6.07) is 3.30. The van der Waals surface area contributed by atoms with Gasteiger partial charge < -0.3 is 4.74 Å². The molecule has 0 radical (unpaired) electrons. The molecule has 1 aliphatic rings. The zero-order chi connectivity index (χ0) is 19.6. The number of rotatable bonds is 10. The van der Waals surface area contributed by atoms with Crippen LogP contribution in [0.15, 0.2) is 24.3 Å². The summed E-state index contributed by atoms with van der Waals surface area (Å²) in [7, 11) is 0. The molecular formula is C24H36F2O. The number of hydrogen-bond donors (Lipinski definition) is 0. The molecule has 27 heavy (non-hydrogen) atoms. The number of hydrogen-bond acceptors (Lipinski definition) is 1. The van der Waals surface area contributed by atoms with Crippen molar-refractivity contribution in [3.8, 4) is 5.75 Å². The van der Waals surface area contributed by atoms with Crippen molar-refractivity contribution in [2.75, 3.05) is 6.61 Å². The number of halogens is 2. The standard InChI is InChI=1S/C24H36F2O/c1-4-8-18(9-5-2)10-7-11-19-12-14-20(15-13-19)21-16-17-22(27-6-3)24(26)23(21)25/h4,8,16-20H,5-7,9-15H2,1-3H3/b8-4+. The van der Waals surface area contributed by atoms with E-state index in [4.69, 9.17) is 4.74 Å². The first kappa shape index (κ1) is 21.9. The molecule has 0 spiro atoms. The van der Waals surface area contributed by atoms with Crippen LogP contribution in [0.4, 0.5) is 8.78 Å². The second-order valence-corrected chi connectivity index (χ2v) is 7.94. The third-order valence-electron chi connectivity index (χ3n) is 5.97. The van der Waals surface area contributed by atoms with Gasteiger partial charge in [-0.2, -0.15) is 4.39 Å². The largest absolute Gasteiger partial charge is 0.491 e. The minimum atomic E-state index is -0.831. The van der Waals surface area contributed by atoms with E-state index in [-0.39, 0.29) is 11.7 Å². The Morgan fingerprint density at radius 2 is 1.81 bits per heavy atom. The fraction of sp³-hybridized carbons (Fsp3) is 0.667. The molecule has 0 amide bonds. The Morgan fingerprint density at radius 1 is 1.07 bits per heavy atom. The third-order valence-corrected chi connectivity index (χ3v) is 5.97. The Labute approximate surface area is 164 Å². The quantitative estimate of drug-likeness (QED) is 0.377. The highest BCUT2D eigenvalue weighted by Gasteiger charge is 2.26. The lowest BCUT2D eigenvalue weighted by Gasteiger charge is -2.29. The topological polar surface area (TPSA) is 9.23 Å². The molecule has 0 aliphatic heterocycles. The monoisotopic (exact) mass is 378 g/mol. The van der Waals surface area contributed by atoms with E-state index in [1.807, 2.05) is 0 Å². The van der Waals surface area contributed by atoms with Crippen LogP contribution < -0.4 is 4.74 Å². The van der Waals surface area contributed by atoms with Gasteiger partial charge in [-0.05, 0) is 81.8 Å². The second kappa shape index (κ2) is 11.5. The van der Waals surface area contributed by atoms with Gasteiger partial charge in [0.2, 0.25) is 5.82 Å². The highest BCUT2D eigenvalue weighted by Crippen LogP contribution is 2.40. The Hall–Kier alpha value is -1.38. The zero-order valence-corrected chi connectivity index (χ0v) is 17.3. The van der Waals surface area contributed by atoms with Crippen LogP contribution in [0.25, 0.3) is 0 Å². The Balaban J connectivity index is 1.82. The molecule has 0 bridgehead atoms. The molecule has 0 heterocycles. The third kappa shape index (κ3) is 6.33. The summed E-state index contributed by atoms with van der Waals surface area (Å²) >= 11 is 0. The van der Waals surface area contributed by atoms with Gasteiger partial charge in [0.1, 0.15) is 0 Å². The van der Waals surface area contributed by atoms with Crippen LogP contribution >= 0.6 is 0 Å². The van der Waals surface area contributed by atoms with E-state index in [2.05, 4.69) is 26.0 Å². The van der Waals surface area contributed by atoms with E-state index in [0.29, 0.717) is 12.2 Å². The van der Waals surface area contributed by atoms with E-state index >= 15 is 0 Å². The average molecular weight is 379 g/mol. The molecule has 1 fully saturated rings. The molecule has 0 saturated heterocycles. The molecule has 1 aromatic rings. The average Bonchev–Trinajstić information content (AvgIpc) is 2.67. The van der Waals surface area contributed by atoms with Gasteiger partial charge in [-0.1, -0.05) is 44.4 Å². The summed E-state index contributed by atoms with van der Waals surface area (Å²) in [4.78, 5) is 0. The van der Waals surface area contributed by atoms with Crippen molar-refractivity contribution in [1.82, 2.24) is 0 Å². The number of ether oxygens (including phenoxy) is 1. The summed E-state index contributed by atoms with van der Waals surface area (Å²) < 4.78 is 33.7. The van der Waals surface area contributed by atoms with Gasteiger partial charge in [-0.15, -0.1) is 0 Å². The Kier molecular flexibility index (Phi) is 9.30. The maximum Gasteiger partial charge on any atom is 0.200 e. The first-order chi connectivity index (χ1) is 13.1. The molecule has 0 aromatic heterocycles. The Morgan fingerprint density at radius 3 is 2.44 bits per heavy atom. The van der Waals surface area contributed by atoms with Gasteiger partial charge >= 0.3 is 0 Å². The summed E-state index contributed by atoms with van der Waals surface area (Å²) in [6.07, 6.45) is 15.0. The van der Waals surface area contributed by atoms with Crippen molar-refractivity contribution in [2.45, 2.75) is 84.5 Å². The summed E-state index contributed by atoms with van der Waals surface area (Å²) in [5.74, 6) is 0.0834. The lowest BCUT2D eigenvalue weighted by molar-refractivity contribution is 0.289.